The minimum Gasteiger partial charge on any atom is -0.462 e. The molecule has 6 heteroatoms. The Kier molecular flexibility index (Phi) is 5.78. The van der Waals surface area contributed by atoms with Gasteiger partial charge >= 0.3 is 5.97 Å². The summed E-state index contributed by atoms with van der Waals surface area (Å²) < 4.78 is 4.94. The lowest BCUT2D eigenvalue weighted by atomic mass is 10.0. The Morgan fingerprint density at radius 2 is 1.68 bits per heavy atom. The van der Waals surface area contributed by atoms with Crippen molar-refractivity contribution in [2.24, 2.45) is 5.41 Å². The first-order valence-electron chi connectivity index (χ1n) is 9.38. The molecule has 0 bridgehead atoms. The zero-order valence-corrected chi connectivity index (χ0v) is 16.1. The summed E-state index contributed by atoms with van der Waals surface area (Å²) in [5, 5.41) is 5.67. The van der Waals surface area contributed by atoms with Gasteiger partial charge < -0.3 is 15.4 Å². The number of carbonyl (C=O) groups is 3. The normalized spacial score (nSPS) is 14.1. The molecule has 0 unspecified atom stereocenters. The predicted octanol–water partition coefficient (Wildman–Crippen LogP) is 3.21. The highest BCUT2D eigenvalue weighted by molar-refractivity contribution is 6.13. The summed E-state index contributed by atoms with van der Waals surface area (Å²) in [5.41, 5.74) is 2.07. The monoisotopic (exact) mass is 380 g/mol. The molecule has 0 radical (unpaired) electrons. The molecule has 2 N–H and O–H groups in total. The van der Waals surface area contributed by atoms with Crippen LogP contribution in [0.1, 0.15) is 41.3 Å². The van der Waals surface area contributed by atoms with Crippen LogP contribution in [0.2, 0.25) is 0 Å². The van der Waals surface area contributed by atoms with Gasteiger partial charge in [0, 0.05) is 12.2 Å². The first kappa shape index (κ1) is 19.6. The van der Waals surface area contributed by atoms with E-state index in [1.54, 1.807) is 31.2 Å². The number of rotatable bonds is 7. The zero-order valence-electron chi connectivity index (χ0n) is 16.1. The zero-order chi connectivity index (χ0) is 20.1. The van der Waals surface area contributed by atoms with E-state index in [1.165, 1.54) is 0 Å². The third kappa shape index (κ3) is 4.22. The third-order valence-electron chi connectivity index (χ3n) is 4.97. The van der Waals surface area contributed by atoms with Gasteiger partial charge in [-0.2, -0.15) is 0 Å². The van der Waals surface area contributed by atoms with Crippen molar-refractivity contribution in [2.75, 3.05) is 11.9 Å². The Labute approximate surface area is 164 Å². The van der Waals surface area contributed by atoms with Gasteiger partial charge in [0.2, 0.25) is 11.8 Å². The number of ether oxygens (including phenoxy) is 1. The largest absolute Gasteiger partial charge is 0.462 e. The number of benzene rings is 2. The van der Waals surface area contributed by atoms with Crippen LogP contribution in [-0.4, -0.2) is 24.4 Å². The maximum atomic E-state index is 12.7. The number of aryl methyl sites for hydroxylation is 1. The Morgan fingerprint density at radius 1 is 1.00 bits per heavy atom. The molecule has 146 valence electrons. The summed E-state index contributed by atoms with van der Waals surface area (Å²) in [6, 6.07) is 14.3. The first-order valence-corrected chi connectivity index (χ1v) is 9.38. The maximum Gasteiger partial charge on any atom is 0.338 e. The smallest absolute Gasteiger partial charge is 0.338 e. The molecule has 2 aromatic rings. The lowest BCUT2D eigenvalue weighted by Crippen LogP contribution is -2.39. The van der Waals surface area contributed by atoms with Crippen molar-refractivity contribution < 1.29 is 19.1 Å². The molecule has 0 aromatic heterocycles. The molecular formula is C22H24N2O4. The third-order valence-corrected chi connectivity index (χ3v) is 4.97. The Balaban J connectivity index is 1.59. The van der Waals surface area contributed by atoms with Crippen molar-refractivity contribution in [1.29, 1.82) is 0 Å². The summed E-state index contributed by atoms with van der Waals surface area (Å²) in [6.07, 6.45) is 1.05. The molecule has 0 aliphatic heterocycles. The van der Waals surface area contributed by atoms with Crippen LogP contribution >= 0.6 is 0 Å². The van der Waals surface area contributed by atoms with Crippen LogP contribution in [0.3, 0.4) is 0 Å². The highest BCUT2D eigenvalue weighted by Gasteiger charge is 2.56. The van der Waals surface area contributed by atoms with E-state index in [1.807, 2.05) is 31.2 Å². The summed E-state index contributed by atoms with van der Waals surface area (Å²) in [7, 11) is 0. The highest BCUT2D eigenvalue weighted by Crippen LogP contribution is 2.46. The second kappa shape index (κ2) is 8.25. The molecule has 0 spiro atoms. The van der Waals surface area contributed by atoms with E-state index in [4.69, 9.17) is 4.74 Å². The molecule has 28 heavy (non-hydrogen) atoms. The molecule has 1 aliphatic carbocycles. The van der Waals surface area contributed by atoms with Crippen molar-refractivity contribution in [1.82, 2.24) is 5.32 Å². The van der Waals surface area contributed by atoms with Crippen LogP contribution < -0.4 is 10.6 Å². The Hall–Kier alpha value is -3.15. The second-order valence-electron chi connectivity index (χ2n) is 6.94. The van der Waals surface area contributed by atoms with Crippen LogP contribution in [-0.2, 0) is 20.9 Å². The number of carbonyl (C=O) groups excluding carboxylic acids is 3. The van der Waals surface area contributed by atoms with Crippen LogP contribution in [0, 0.1) is 12.3 Å². The Bertz CT molecular complexity index is 886. The topological polar surface area (TPSA) is 84.5 Å². The Morgan fingerprint density at radius 3 is 2.29 bits per heavy atom. The lowest BCUT2D eigenvalue weighted by molar-refractivity contribution is -0.134. The fraction of sp³-hybridized carbons (Fsp3) is 0.318. The van der Waals surface area contributed by atoms with Crippen LogP contribution in [0.5, 0.6) is 0 Å². The van der Waals surface area contributed by atoms with Gasteiger partial charge in [0.25, 0.3) is 0 Å². The van der Waals surface area contributed by atoms with E-state index in [0.29, 0.717) is 37.2 Å². The standard InChI is InChI=1S/C22H24N2O4/c1-3-28-19(25)16-8-10-18(11-9-16)24-21(27)22(12-13-22)20(26)23-14-17-7-5-4-6-15(17)2/h4-11H,3,12-14H2,1-2H3,(H,23,26)(H,24,27). The van der Waals surface area contributed by atoms with Gasteiger partial charge in [0.1, 0.15) is 5.41 Å². The summed E-state index contributed by atoms with van der Waals surface area (Å²) >= 11 is 0. The quantitative estimate of drug-likeness (QED) is 0.571. The van der Waals surface area contributed by atoms with Gasteiger partial charge in [-0.3, -0.25) is 9.59 Å². The molecule has 2 aromatic carbocycles. The molecule has 2 amide bonds. The molecule has 0 heterocycles. The van der Waals surface area contributed by atoms with Crippen molar-refractivity contribution >= 4 is 23.5 Å². The number of amides is 2. The average molecular weight is 380 g/mol. The van der Waals surface area contributed by atoms with E-state index in [-0.39, 0.29) is 11.8 Å². The summed E-state index contributed by atoms with van der Waals surface area (Å²) in [5.74, 6) is -0.982. The molecular weight excluding hydrogens is 356 g/mol. The average Bonchev–Trinajstić information content (AvgIpc) is 3.50. The molecule has 1 aliphatic rings. The summed E-state index contributed by atoms with van der Waals surface area (Å²) in [4.78, 5) is 37.0. The molecule has 1 saturated carbocycles. The van der Waals surface area contributed by atoms with Crippen LogP contribution in [0.4, 0.5) is 5.69 Å². The first-order chi connectivity index (χ1) is 13.5. The second-order valence-corrected chi connectivity index (χ2v) is 6.94. The van der Waals surface area contributed by atoms with Crippen molar-refractivity contribution in [3.63, 3.8) is 0 Å². The lowest BCUT2D eigenvalue weighted by Gasteiger charge is -2.16. The van der Waals surface area contributed by atoms with Gasteiger partial charge in [-0.25, -0.2) is 4.79 Å². The van der Waals surface area contributed by atoms with E-state index < -0.39 is 11.4 Å². The van der Waals surface area contributed by atoms with E-state index in [2.05, 4.69) is 10.6 Å². The van der Waals surface area contributed by atoms with Gasteiger partial charge in [-0.1, -0.05) is 24.3 Å². The minimum absolute atomic E-state index is 0.253. The molecule has 0 atom stereocenters. The van der Waals surface area contributed by atoms with E-state index in [9.17, 15) is 14.4 Å². The molecule has 0 saturated heterocycles. The SMILES string of the molecule is CCOC(=O)c1ccc(NC(=O)C2(C(=O)NCc3ccccc3C)CC2)cc1. The number of anilines is 1. The van der Waals surface area contributed by atoms with E-state index >= 15 is 0 Å². The predicted molar refractivity (Wildman–Crippen MR) is 106 cm³/mol. The number of esters is 1. The number of nitrogens with one attached hydrogen (secondary N) is 2. The van der Waals surface area contributed by atoms with Crippen LogP contribution in [0.15, 0.2) is 48.5 Å². The highest BCUT2D eigenvalue weighted by atomic mass is 16.5. The van der Waals surface area contributed by atoms with Crippen molar-refractivity contribution in [3.05, 3.63) is 65.2 Å². The van der Waals surface area contributed by atoms with Gasteiger partial charge in [-0.15, -0.1) is 0 Å². The minimum atomic E-state index is -1.01. The van der Waals surface area contributed by atoms with Gasteiger partial charge in [0.05, 0.1) is 12.2 Å². The van der Waals surface area contributed by atoms with Crippen molar-refractivity contribution in [2.45, 2.75) is 33.2 Å². The van der Waals surface area contributed by atoms with E-state index in [0.717, 1.165) is 11.1 Å². The molecule has 6 nitrogen and oxygen atoms in total. The van der Waals surface area contributed by atoms with Crippen molar-refractivity contribution in [3.8, 4) is 0 Å². The fourth-order valence-corrected chi connectivity index (χ4v) is 2.99. The summed E-state index contributed by atoms with van der Waals surface area (Å²) in [6.45, 7) is 4.43. The van der Waals surface area contributed by atoms with Gasteiger partial charge in [0.15, 0.2) is 0 Å². The molecule has 1 fully saturated rings. The van der Waals surface area contributed by atoms with Gasteiger partial charge in [-0.05, 0) is 62.1 Å². The maximum absolute atomic E-state index is 12.7. The fourth-order valence-electron chi connectivity index (χ4n) is 2.99. The number of hydrogen-bond donors (Lipinski definition) is 2. The molecule has 3 rings (SSSR count). The van der Waals surface area contributed by atoms with Crippen LogP contribution in [0.25, 0.3) is 0 Å². The number of hydrogen-bond acceptors (Lipinski definition) is 4.